The number of carbonyl (C=O) groups excluding carboxylic acids is 1. The van der Waals surface area contributed by atoms with Crippen molar-refractivity contribution in [2.24, 2.45) is 5.92 Å². The first-order valence-electron chi connectivity index (χ1n) is 6.56. The number of hydrogen-bond donors (Lipinski definition) is 0. The zero-order chi connectivity index (χ0) is 11.3. The molecule has 1 amide bonds. The fraction of sp³-hybridized carbons (Fsp3) is 0.923. The maximum atomic E-state index is 11.4. The van der Waals surface area contributed by atoms with Crippen LogP contribution < -0.4 is 0 Å². The average molecular weight is 211 g/mol. The summed E-state index contributed by atoms with van der Waals surface area (Å²) in [5.41, 5.74) is 0. The zero-order valence-corrected chi connectivity index (χ0v) is 10.5. The molecule has 0 bridgehead atoms. The minimum absolute atomic E-state index is 0.289. The quantitative estimate of drug-likeness (QED) is 0.602. The van der Waals surface area contributed by atoms with Crippen molar-refractivity contribution in [2.45, 2.75) is 65.3 Å². The SMILES string of the molecule is CC.CC(=O)N1CCCC2CCCCC21. The van der Waals surface area contributed by atoms with Gasteiger partial charge in [0.25, 0.3) is 0 Å². The van der Waals surface area contributed by atoms with Gasteiger partial charge in [0.05, 0.1) is 0 Å². The standard InChI is InChI=1S/C11H19NO.C2H6/c1-9(13)12-8-4-6-10-5-2-3-7-11(10)12;1-2/h10-11H,2-8H2,1H3;1-2H3. The van der Waals surface area contributed by atoms with Crippen LogP contribution in [0.3, 0.4) is 0 Å². The highest BCUT2D eigenvalue weighted by Gasteiger charge is 2.34. The van der Waals surface area contributed by atoms with Crippen molar-refractivity contribution >= 4 is 5.91 Å². The third-order valence-electron chi connectivity index (χ3n) is 3.65. The van der Waals surface area contributed by atoms with Crippen LogP contribution in [0, 0.1) is 5.92 Å². The van der Waals surface area contributed by atoms with Crippen LogP contribution >= 0.6 is 0 Å². The van der Waals surface area contributed by atoms with Gasteiger partial charge in [-0.3, -0.25) is 4.79 Å². The molecule has 2 unspecified atom stereocenters. The van der Waals surface area contributed by atoms with Gasteiger partial charge in [-0.15, -0.1) is 0 Å². The Morgan fingerprint density at radius 2 is 1.67 bits per heavy atom. The third kappa shape index (κ3) is 2.96. The number of fused-ring (bicyclic) bond motifs is 1. The van der Waals surface area contributed by atoms with Crippen molar-refractivity contribution in [1.29, 1.82) is 0 Å². The van der Waals surface area contributed by atoms with Gasteiger partial charge in [-0.05, 0) is 31.6 Å². The largest absolute Gasteiger partial charge is 0.340 e. The number of rotatable bonds is 0. The van der Waals surface area contributed by atoms with E-state index in [1.807, 2.05) is 13.8 Å². The lowest BCUT2D eigenvalue weighted by molar-refractivity contribution is -0.135. The van der Waals surface area contributed by atoms with Crippen molar-refractivity contribution in [3.63, 3.8) is 0 Å². The van der Waals surface area contributed by atoms with E-state index in [9.17, 15) is 4.79 Å². The monoisotopic (exact) mass is 211 g/mol. The minimum Gasteiger partial charge on any atom is -0.340 e. The molecule has 0 radical (unpaired) electrons. The second kappa shape index (κ2) is 6.14. The van der Waals surface area contributed by atoms with Crippen molar-refractivity contribution in [3.05, 3.63) is 0 Å². The summed E-state index contributed by atoms with van der Waals surface area (Å²) in [5.74, 6) is 1.11. The molecule has 2 rings (SSSR count). The molecule has 15 heavy (non-hydrogen) atoms. The van der Waals surface area contributed by atoms with Crippen LogP contribution in [-0.2, 0) is 4.79 Å². The molecule has 1 heterocycles. The lowest BCUT2D eigenvalue weighted by Gasteiger charge is -2.43. The first-order valence-corrected chi connectivity index (χ1v) is 6.56. The molecule has 2 aliphatic rings. The number of piperidine rings is 1. The van der Waals surface area contributed by atoms with Crippen LogP contribution in [-0.4, -0.2) is 23.4 Å². The molecule has 0 spiro atoms. The highest BCUT2D eigenvalue weighted by molar-refractivity contribution is 5.73. The first-order chi connectivity index (χ1) is 7.29. The molecule has 2 fully saturated rings. The van der Waals surface area contributed by atoms with Gasteiger partial charge >= 0.3 is 0 Å². The normalized spacial score (nSPS) is 29.9. The van der Waals surface area contributed by atoms with Crippen LogP contribution in [0.1, 0.15) is 59.3 Å². The number of amides is 1. The van der Waals surface area contributed by atoms with Crippen molar-refractivity contribution in [1.82, 2.24) is 4.90 Å². The molecule has 1 saturated heterocycles. The number of hydrogen-bond acceptors (Lipinski definition) is 1. The molecule has 2 heteroatoms. The van der Waals surface area contributed by atoms with Gasteiger partial charge in [0, 0.05) is 19.5 Å². The van der Waals surface area contributed by atoms with E-state index in [1.165, 1.54) is 38.5 Å². The summed E-state index contributed by atoms with van der Waals surface area (Å²) in [5, 5.41) is 0. The second-order valence-corrected chi connectivity index (χ2v) is 4.47. The Bertz CT molecular complexity index is 201. The molecular weight excluding hydrogens is 186 g/mol. The topological polar surface area (TPSA) is 20.3 Å². The molecule has 1 aliphatic heterocycles. The van der Waals surface area contributed by atoms with E-state index < -0.39 is 0 Å². The maximum Gasteiger partial charge on any atom is 0.219 e. The fourth-order valence-electron chi connectivity index (χ4n) is 3.02. The minimum atomic E-state index is 0.289. The van der Waals surface area contributed by atoms with Gasteiger partial charge in [-0.2, -0.15) is 0 Å². The Hall–Kier alpha value is -0.530. The Labute approximate surface area is 94.0 Å². The highest BCUT2D eigenvalue weighted by Crippen LogP contribution is 2.35. The van der Waals surface area contributed by atoms with Gasteiger partial charge in [0.15, 0.2) is 0 Å². The Morgan fingerprint density at radius 1 is 1.07 bits per heavy atom. The number of likely N-dealkylation sites (tertiary alicyclic amines) is 1. The fourth-order valence-corrected chi connectivity index (χ4v) is 3.02. The van der Waals surface area contributed by atoms with E-state index >= 15 is 0 Å². The molecule has 0 aromatic carbocycles. The van der Waals surface area contributed by atoms with E-state index in [-0.39, 0.29) is 5.91 Å². The summed E-state index contributed by atoms with van der Waals surface area (Å²) < 4.78 is 0. The van der Waals surface area contributed by atoms with Gasteiger partial charge in [0.2, 0.25) is 5.91 Å². The van der Waals surface area contributed by atoms with E-state index in [0.717, 1.165) is 12.5 Å². The summed E-state index contributed by atoms with van der Waals surface area (Å²) in [6.07, 6.45) is 7.89. The van der Waals surface area contributed by atoms with Gasteiger partial charge in [-0.1, -0.05) is 26.7 Å². The van der Waals surface area contributed by atoms with Gasteiger partial charge in [0.1, 0.15) is 0 Å². The Balaban J connectivity index is 0.000000531. The van der Waals surface area contributed by atoms with E-state index in [1.54, 1.807) is 6.92 Å². The molecule has 1 saturated carbocycles. The second-order valence-electron chi connectivity index (χ2n) is 4.47. The predicted molar refractivity (Wildman–Crippen MR) is 63.7 cm³/mol. The van der Waals surface area contributed by atoms with Crippen molar-refractivity contribution in [3.8, 4) is 0 Å². The maximum absolute atomic E-state index is 11.4. The molecule has 2 atom stereocenters. The van der Waals surface area contributed by atoms with E-state index in [2.05, 4.69) is 4.90 Å². The average Bonchev–Trinajstić information content (AvgIpc) is 2.31. The van der Waals surface area contributed by atoms with Crippen LogP contribution in [0.15, 0.2) is 0 Å². The Kier molecular flexibility index (Phi) is 5.13. The summed E-state index contributed by atoms with van der Waals surface area (Å²) >= 11 is 0. The van der Waals surface area contributed by atoms with Gasteiger partial charge < -0.3 is 4.90 Å². The highest BCUT2D eigenvalue weighted by atomic mass is 16.2. The Morgan fingerprint density at radius 3 is 2.33 bits per heavy atom. The lowest BCUT2D eigenvalue weighted by Crippen LogP contribution is -2.48. The van der Waals surface area contributed by atoms with Crippen LogP contribution in [0.2, 0.25) is 0 Å². The van der Waals surface area contributed by atoms with Crippen LogP contribution in [0.4, 0.5) is 0 Å². The van der Waals surface area contributed by atoms with Gasteiger partial charge in [-0.25, -0.2) is 0 Å². The molecule has 1 aliphatic carbocycles. The van der Waals surface area contributed by atoms with E-state index in [4.69, 9.17) is 0 Å². The zero-order valence-electron chi connectivity index (χ0n) is 10.5. The molecule has 2 nitrogen and oxygen atoms in total. The summed E-state index contributed by atoms with van der Waals surface area (Å²) in [6.45, 7) is 6.73. The molecule has 0 N–H and O–H groups in total. The number of carbonyl (C=O) groups is 1. The molecule has 0 aromatic rings. The molecule has 0 aromatic heterocycles. The first kappa shape index (κ1) is 12.5. The predicted octanol–water partition coefficient (Wildman–Crippen LogP) is 3.21. The molecular formula is C13H25NO. The van der Waals surface area contributed by atoms with Crippen LogP contribution in [0.25, 0.3) is 0 Å². The molecule has 88 valence electrons. The van der Waals surface area contributed by atoms with Crippen molar-refractivity contribution < 1.29 is 4.79 Å². The smallest absolute Gasteiger partial charge is 0.219 e. The van der Waals surface area contributed by atoms with Crippen LogP contribution in [0.5, 0.6) is 0 Å². The summed E-state index contributed by atoms with van der Waals surface area (Å²) in [4.78, 5) is 13.5. The van der Waals surface area contributed by atoms with E-state index in [0.29, 0.717) is 6.04 Å². The summed E-state index contributed by atoms with van der Waals surface area (Å²) in [6, 6.07) is 0.597. The summed E-state index contributed by atoms with van der Waals surface area (Å²) in [7, 11) is 0. The van der Waals surface area contributed by atoms with Crippen molar-refractivity contribution in [2.75, 3.05) is 6.54 Å². The lowest BCUT2D eigenvalue weighted by atomic mass is 9.78. The number of nitrogens with zero attached hydrogens (tertiary/aromatic N) is 1. The third-order valence-corrected chi connectivity index (χ3v) is 3.65.